The van der Waals surface area contributed by atoms with Gasteiger partial charge in [-0.3, -0.25) is 4.79 Å². The van der Waals surface area contributed by atoms with Crippen LogP contribution in [0.1, 0.15) is 33.5 Å². The highest BCUT2D eigenvalue weighted by Gasteiger charge is 2.10. The zero-order chi connectivity index (χ0) is 13.8. The molecule has 0 bridgehead atoms. The van der Waals surface area contributed by atoms with Gasteiger partial charge in [0, 0.05) is 17.0 Å². The van der Waals surface area contributed by atoms with Crippen LogP contribution < -0.4 is 0 Å². The highest BCUT2D eigenvalue weighted by molar-refractivity contribution is 6.32. The van der Waals surface area contributed by atoms with Crippen LogP contribution in [-0.2, 0) is 6.42 Å². The second-order valence-corrected chi connectivity index (χ2v) is 5.21. The van der Waals surface area contributed by atoms with Crippen LogP contribution in [0.2, 0.25) is 5.02 Å². The van der Waals surface area contributed by atoms with E-state index in [4.69, 9.17) is 11.6 Å². The van der Waals surface area contributed by atoms with Gasteiger partial charge in [0.25, 0.3) is 0 Å². The number of hydrogen-bond donors (Lipinski definition) is 0. The summed E-state index contributed by atoms with van der Waals surface area (Å²) >= 11 is 6.12. The molecule has 0 atom stereocenters. The molecule has 0 saturated heterocycles. The third-order valence-corrected chi connectivity index (χ3v) is 3.84. The third-order valence-electron chi connectivity index (χ3n) is 3.24. The van der Waals surface area contributed by atoms with Gasteiger partial charge in [0.15, 0.2) is 5.78 Å². The van der Waals surface area contributed by atoms with Gasteiger partial charge in [0.2, 0.25) is 0 Å². The van der Waals surface area contributed by atoms with Gasteiger partial charge in [0.05, 0.1) is 0 Å². The quantitative estimate of drug-likeness (QED) is 0.733. The molecule has 0 aliphatic carbocycles. The van der Waals surface area contributed by atoms with Crippen molar-refractivity contribution < 1.29 is 4.79 Å². The molecule has 1 nitrogen and oxygen atoms in total. The number of Topliss-reactive ketones (excluding diaryl/α,β-unsaturated/α-hetero) is 1. The average Bonchev–Trinajstić information content (AvgIpc) is 2.42. The Labute approximate surface area is 119 Å². The highest BCUT2D eigenvalue weighted by Crippen LogP contribution is 2.22. The number of rotatable bonds is 4. The zero-order valence-corrected chi connectivity index (χ0v) is 12.0. The lowest BCUT2D eigenvalue weighted by molar-refractivity contribution is 0.0982. The van der Waals surface area contributed by atoms with E-state index in [1.807, 2.05) is 56.3 Å². The fourth-order valence-electron chi connectivity index (χ4n) is 2.15. The predicted octanol–water partition coefficient (Wildman–Crippen LogP) is 4.77. The van der Waals surface area contributed by atoms with Crippen molar-refractivity contribution in [1.82, 2.24) is 0 Å². The summed E-state index contributed by atoms with van der Waals surface area (Å²) in [5.41, 5.74) is 3.88. The first-order valence-corrected chi connectivity index (χ1v) is 6.79. The molecule has 0 N–H and O–H groups in total. The number of carbonyl (C=O) groups is 1. The molecule has 2 aromatic carbocycles. The van der Waals surface area contributed by atoms with E-state index in [2.05, 4.69) is 0 Å². The van der Waals surface area contributed by atoms with Crippen LogP contribution in [0.15, 0.2) is 42.5 Å². The van der Waals surface area contributed by atoms with E-state index in [0.717, 1.165) is 28.1 Å². The van der Waals surface area contributed by atoms with E-state index in [0.29, 0.717) is 6.42 Å². The number of aryl methyl sites for hydroxylation is 3. The summed E-state index contributed by atoms with van der Waals surface area (Å²) in [5, 5.41) is 0.750. The van der Waals surface area contributed by atoms with Gasteiger partial charge < -0.3 is 0 Å². The van der Waals surface area contributed by atoms with E-state index >= 15 is 0 Å². The molecule has 2 heteroatoms. The van der Waals surface area contributed by atoms with Crippen LogP contribution in [0, 0.1) is 13.8 Å². The molecule has 0 unspecified atom stereocenters. The maximum atomic E-state index is 12.2. The summed E-state index contributed by atoms with van der Waals surface area (Å²) in [6.07, 6.45) is 1.31. The van der Waals surface area contributed by atoms with Gasteiger partial charge >= 0.3 is 0 Å². The molecule has 19 heavy (non-hydrogen) atoms. The lowest BCUT2D eigenvalue weighted by atomic mass is 9.99. The van der Waals surface area contributed by atoms with Crippen LogP contribution in [-0.4, -0.2) is 5.78 Å². The Morgan fingerprint density at radius 1 is 1.05 bits per heavy atom. The molecule has 2 aromatic rings. The number of benzene rings is 2. The molecule has 0 fully saturated rings. The molecule has 2 rings (SSSR count). The van der Waals surface area contributed by atoms with E-state index in [1.165, 1.54) is 5.56 Å². The Morgan fingerprint density at radius 3 is 2.21 bits per heavy atom. The molecule has 0 radical (unpaired) electrons. The van der Waals surface area contributed by atoms with Crippen molar-refractivity contribution in [2.75, 3.05) is 0 Å². The lowest BCUT2D eigenvalue weighted by Gasteiger charge is -2.07. The smallest absolute Gasteiger partial charge is 0.163 e. The maximum absolute atomic E-state index is 12.2. The normalized spacial score (nSPS) is 10.5. The van der Waals surface area contributed by atoms with Gasteiger partial charge in [-0.15, -0.1) is 0 Å². The van der Waals surface area contributed by atoms with Crippen molar-refractivity contribution in [3.63, 3.8) is 0 Å². The molecule has 0 spiro atoms. The van der Waals surface area contributed by atoms with Crippen molar-refractivity contribution in [2.45, 2.75) is 26.7 Å². The number of ketones is 1. The Morgan fingerprint density at radius 2 is 1.63 bits per heavy atom. The molecular formula is C17H17ClO. The van der Waals surface area contributed by atoms with Crippen LogP contribution in [0.5, 0.6) is 0 Å². The lowest BCUT2D eigenvalue weighted by Crippen LogP contribution is -2.02. The van der Waals surface area contributed by atoms with Crippen LogP contribution in [0.25, 0.3) is 0 Å². The Hall–Kier alpha value is -1.60. The fourth-order valence-corrected chi connectivity index (χ4v) is 2.26. The monoisotopic (exact) mass is 272 g/mol. The van der Waals surface area contributed by atoms with Gasteiger partial charge in [-0.2, -0.15) is 0 Å². The Balaban J connectivity index is 2.08. The average molecular weight is 273 g/mol. The number of carbonyl (C=O) groups excluding carboxylic acids is 1. The van der Waals surface area contributed by atoms with Gasteiger partial charge in [-0.05, 0) is 49.1 Å². The van der Waals surface area contributed by atoms with Crippen molar-refractivity contribution in [2.24, 2.45) is 0 Å². The van der Waals surface area contributed by atoms with Crippen LogP contribution in [0.3, 0.4) is 0 Å². The minimum absolute atomic E-state index is 0.173. The fraction of sp³-hybridized carbons (Fsp3) is 0.235. The minimum atomic E-state index is 0.173. The summed E-state index contributed by atoms with van der Waals surface area (Å²) in [6.45, 7) is 3.87. The van der Waals surface area contributed by atoms with Gasteiger partial charge in [0.1, 0.15) is 0 Å². The first kappa shape index (κ1) is 13.8. The van der Waals surface area contributed by atoms with Crippen molar-refractivity contribution in [3.05, 3.63) is 69.7 Å². The third kappa shape index (κ3) is 3.45. The first-order chi connectivity index (χ1) is 9.08. The zero-order valence-electron chi connectivity index (χ0n) is 11.2. The molecule has 98 valence electrons. The summed E-state index contributed by atoms with van der Waals surface area (Å²) in [6, 6.07) is 13.8. The van der Waals surface area contributed by atoms with Crippen LogP contribution in [0.4, 0.5) is 0 Å². The van der Waals surface area contributed by atoms with Crippen molar-refractivity contribution >= 4 is 17.4 Å². The largest absolute Gasteiger partial charge is 0.294 e. The number of halogens is 1. The highest BCUT2D eigenvalue weighted by atomic mass is 35.5. The van der Waals surface area contributed by atoms with Crippen LogP contribution >= 0.6 is 11.6 Å². The molecular weight excluding hydrogens is 256 g/mol. The summed E-state index contributed by atoms with van der Waals surface area (Å²) in [5.74, 6) is 0.173. The number of hydrogen-bond acceptors (Lipinski definition) is 1. The van der Waals surface area contributed by atoms with E-state index in [-0.39, 0.29) is 5.78 Å². The van der Waals surface area contributed by atoms with E-state index in [9.17, 15) is 4.79 Å². The second-order valence-electron chi connectivity index (χ2n) is 4.83. The summed E-state index contributed by atoms with van der Waals surface area (Å²) in [7, 11) is 0. The Bertz CT molecular complexity index is 564. The maximum Gasteiger partial charge on any atom is 0.163 e. The Kier molecular flexibility index (Phi) is 4.39. The van der Waals surface area contributed by atoms with Crippen molar-refractivity contribution in [1.29, 1.82) is 0 Å². The topological polar surface area (TPSA) is 17.1 Å². The first-order valence-electron chi connectivity index (χ1n) is 6.42. The molecule has 0 aliphatic heterocycles. The molecule has 0 heterocycles. The minimum Gasteiger partial charge on any atom is -0.294 e. The second kappa shape index (κ2) is 6.03. The van der Waals surface area contributed by atoms with Gasteiger partial charge in [-0.1, -0.05) is 41.9 Å². The predicted molar refractivity (Wildman–Crippen MR) is 80.0 cm³/mol. The molecule has 0 saturated carbocycles. The molecule has 0 aliphatic rings. The SMILES string of the molecule is Cc1cc(C(=O)CCc2ccccc2)cc(C)c1Cl. The molecule has 0 aromatic heterocycles. The van der Waals surface area contributed by atoms with Gasteiger partial charge in [-0.25, -0.2) is 0 Å². The molecule has 0 amide bonds. The standard InChI is InChI=1S/C17H17ClO/c1-12-10-15(11-13(2)17(12)18)16(19)9-8-14-6-4-3-5-7-14/h3-7,10-11H,8-9H2,1-2H3. The van der Waals surface area contributed by atoms with Crippen molar-refractivity contribution in [3.8, 4) is 0 Å². The van der Waals surface area contributed by atoms with E-state index < -0.39 is 0 Å². The summed E-state index contributed by atoms with van der Waals surface area (Å²) in [4.78, 5) is 12.2. The summed E-state index contributed by atoms with van der Waals surface area (Å²) < 4.78 is 0. The van der Waals surface area contributed by atoms with E-state index in [1.54, 1.807) is 0 Å².